The minimum Gasteiger partial charge on any atom is -0.390 e. The van der Waals surface area contributed by atoms with E-state index in [-0.39, 0.29) is 29.8 Å². The maximum atomic E-state index is 13.5. The zero-order chi connectivity index (χ0) is 26.1. The van der Waals surface area contributed by atoms with E-state index < -0.39 is 28.3 Å². The van der Waals surface area contributed by atoms with Gasteiger partial charge in [0.05, 0.1) is 23.6 Å². The molecular formula is C26H38N4O5S. The van der Waals surface area contributed by atoms with Gasteiger partial charge in [0.2, 0.25) is 10.0 Å². The number of rotatable bonds is 12. The Morgan fingerprint density at radius 1 is 1.14 bits per heavy atom. The van der Waals surface area contributed by atoms with Crippen molar-refractivity contribution < 1.29 is 23.1 Å². The predicted octanol–water partition coefficient (Wildman–Crippen LogP) is 1.45. The van der Waals surface area contributed by atoms with Gasteiger partial charge in [-0.05, 0) is 42.2 Å². The molecule has 4 N–H and O–H groups in total. The van der Waals surface area contributed by atoms with Crippen LogP contribution in [0.15, 0.2) is 59.5 Å². The molecule has 3 rings (SSSR count). The number of hydrogen-bond acceptors (Lipinski definition) is 7. The van der Waals surface area contributed by atoms with Crippen molar-refractivity contribution in [2.24, 2.45) is 5.92 Å². The smallest absolute Gasteiger partial charge is 0.250 e. The molecule has 1 heterocycles. The van der Waals surface area contributed by atoms with Crippen LogP contribution in [0.1, 0.15) is 19.4 Å². The Labute approximate surface area is 214 Å². The molecule has 2 aromatic carbocycles. The fourth-order valence-electron chi connectivity index (χ4n) is 4.12. The molecule has 9 nitrogen and oxygen atoms in total. The number of carbonyl (C=O) groups is 1. The molecule has 36 heavy (non-hydrogen) atoms. The lowest BCUT2D eigenvalue weighted by Gasteiger charge is -2.32. The van der Waals surface area contributed by atoms with Crippen LogP contribution < -0.4 is 16.0 Å². The Morgan fingerprint density at radius 2 is 1.83 bits per heavy atom. The molecule has 0 aromatic heterocycles. The number of nitrogens with zero attached hydrogens (tertiary/aromatic N) is 1. The molecule has 1 aliphatic heterocycles. The summed E-state index contributed by atoms with van der Waals surface area (Å²) >= 11 is 0. The molecule has 3 atom stereocenters. The highest BCUT2D eigenvalue weighted by molar-refractivity contribution is 7.89. The van der Waals surface area contributed by atoms with Crippen molar-refractivity contribution in [3.63, 3.8) is 0 Å². The number of morpholine rings is 1. The number of carbonyl (C=O) groups excluding carboxylic acids is 1. The van der Waals surface area contributed by atoms with Crippen LogP contribution >= 0.6 is 0 Å². The second kappa shape index (κ2) is 13.2. The van der Waals surface area contributed by atoms with Gasteiger partial charge in [-0.2, -0.15) is 4.31 Å². The summed E-state index contributed by atoms with van der Waals surface area (Å²) in [7, 11) is -2.11. The highest BCUT2D eigenvalue weighted by Crippen LogP contribution is 2.21. The zero-order valence-corrected chi connectivity index (χ0v) is 22.0. The molecule has 10 heteroatoms. The molecule has 1 saturated heterocycles. The summed E-state index contributed by atoms with van der Waals surface area (Å²) in [4.78, 5) is 13.1. The topological polar surface area (TPSA) is 120 Å². The summed E-state index contributed by atoms with van der Waals surface area (Å²) in [5, 5.41) is 20.3. The van der Waals surface area contributed by atoms with E-state index in [0.717, 1.165) is 11.3 Å². The average molecular weight is 519 g/mol. The first-order chi connectivity index (χ1) is 17.2. The number of aliphatic hydroxyl groups is 1. The Morgan fingerprint density at radius 3 is 2.42 bits per heavy atom. The maximum Gasteiger partial charge on any atom is 0.250 e. The summed E-state index contributed by atoms with van der Waals surface area (Å²) in [5.74, 6) is -0.296. The first kappa shape index (κ1) is 28.1. The molecule has 0 unspecified atom stereocenters. The van der Waals surface area contributed by atoms with E-state index in [1.807, 2.05) is 44.2 Å². The second-order valence-corrected chi connectivity index (χ2v) is 11.4. The van der Waals surface area contributed by atoms with Crippen LogP contribution in [0.25, 0.3) is 0 Å². The Kier molecular flexibility index (Phi) is 10.3. The molecule has 0 aliphatic carbocycles. The first-order valence-electron chi connectivity index (χ1n) is 12.3. The summed E-state index contributed by atoms with van der Waals surface area (Å²) in [6.07, 6.45) is -1.46. The van der Waals surface area contributed by atoms with Crippen molar-refractivity contribution in [3.05, 3.63) is 60.2 Å². The molecule has 0 spiro atoms. The Hall–Kier alpha value is -2.50. The predicted molar refractivity (Wildman–Crippen MR) is 140 cm³/mol. The summed E-state index contributed by atoms with van der Waals surface area (Å²) in [6, 6.07) is 15.3. The molecule has 1 aliphatic rings. The summed E-state index contributed by atoms with van der Waals surface area (Å²) in [6.45, 7) is 5.42. The van der Waals surface area contributed by atoms with Crippen LogP contribution in [0.5, 0.6) is 0 Å². The van der Waals surface area contributed by atoms with Crippen molar-refractivity contribution in [3.8, 4) is 0 Å². The number of benzene rings is 2. The first-order valence-corrected chi connectivity index (χ1v) is 13.8. The SMILES string of the molecule is CNc1ccc(S(=O)(=O)N(CC(C)C)C[C@@H](O)[C@H](Cc2ccccc2)NC(=O)[C@H]2CNCCO2)cc1. The van der Waals surface area contributed by atoms with E-state index in [9.17, 15) is 18.3 Å². The van der Waals surface area contributed by atoms with Crippen molar-refractivity contribution in [1.82, 2.24) is 14.9 Å². The lowest BCUT2D eigenvalue weighted by molar-refractivity contribution is -0.135. The monoisotopic (exact) mass is 518 g/mol. The maximum absolute atomic E-state index is 13.5. The van der Waals surface area contributed by atoms with Crippen LogP contribution in [-0.4, -0.2) is 81.8 Å². The number of sulfonamides is 1. The van der Waals surface area contributed by atoms with Crippen LogP contribution in [0.3, 0.4) is 0 Å². The third-order valence-electron chi connectivity index (χ3n) is 6.05. The van der Waals surface area contributed by atoms with E-state index in [0.29, 0.717) is 26.1 Å². The van der Waals surface area contributed by atoms with E-state index in [1.165, 1.54) is 4.31 Å². The van der Waals surface area contributed by atoms with E-state index in [2.05, 4.69) is 16.0 Å². The molecule has 198 valence electrons. The van der Waals surface area contributed by atoms with Crippen molar-refractivity contribution in [2.75, 3.05) is 45.2 Å². The van der Waals surface area contributed by atoms with Crippen LogP contribution in [0.4, 0.5) is 5.69 Å². The Bertz CT molecular complexity index is 1060. The van der Waals surface area contributed by atoms with Crippen molar-refractivity contribution >= 4 is 21.6 Å². The van der Waals surface area contributed by atoms with Gasteiger partial charge < -0.3 is 25.8 Å². The summed E-state index contributed by atoms with van der Waals surface area (Å²) in [5.41, 5.74) is 1.72. The van der Waals surface area contributed by atoms with Crippen molar-refractivity contribution in [2.45, 2.75) is 43.4 Å². The molecule has 0 radical (unpaired) electrons. The van der Waals surface area contributed by atoms with E-state index >= 15 is 0 Å². The molecule has 2 aromatic rings. The molecule has 0 saturated carbocycles. The third kappa shape index (κ3) is 7.75. The fraction of sp³-hybridized carbons (Fsp3) is 0.500. The van der Waals surface area contributed by atoms with Gasteiger partial charge in [-0.15, -0.1) is 0 Å². The highest BCUT2D eigenvalue weighted by Gasteiger charge is 2.33. The minimum atomic E-state index is -3.87. The van der Waals surface area contributed by atoms with Crippen LogP contribution in [0.2, 0.25) is 0 Å². The standard InChI is InChI=1S/C26H38N4O5S/c1-19(2)17-30(36(33,34)22-11-9-21(27-3)10-12-22)18-24(31)23(15-20-7-5-4-6-8-20)29-26(32)25-16-28-13-14-35-25/h4-12,19,23-25,27-28,31H,13-18H2,1-3H3,(H,29,32)/t23-,24+,25+/m0/s1. The molecule has 1 amide bonds. The zero-order valence-electron chi connectivity index (χ0n) is 21.2. The minimum absolute atomic E-state index is 0.0347. The van der Waals surface area contributed by atoms with Gasteiger partial charge in [0, 0.05) is 38.9 Å². The van der Waals surface area contributed by atoms with E-state index in [4.69, 9.17) is 4.74 Å². The average Bonchev–Trinajstić information content (AvgIpc) is 2.88. The number of nitrogens with one attached hydrogen (secondary N) is 3. The fourth-order valence-corrected chi connectivity index (χ4v) is 5.74. The van der Waals surface area contributed by atoms with Gasteiger partial charge in [-0.3, -0.25) is 4.79 Å². The highest BCUT2D eigenvalue weighted by atomic mass is 32.2. The van der Waals surface area contributed by atoms with Gasteiger partial charge in [0.1, 0.15) is 6.10 Å². The number of aliphatic hydroxyl groups excluding tert-OH is 1. The van der Waals surface area contributed by atoms with Gasteiger partial charge in [-0.25, -0.2) is 8.42 Å². The van der Waals surface area contributed by atoms with Gasteiger partial charge in [0.25, 0.3) is 5.91 Å². The molecule has 1 fully saturated rings. The van der Waals surface area contributed by atoms with Gasteiger partial charge in [-0.1, -0.05) is 44.2 Å². The van der Waals surface area contributed by atoms with Crippen LogP contribution in [0, 0.1) is 5.92 Å². The molecular weight excluding hydrogens is 480 g/mol. The normalized spacial score (nSPS) is 18.1. The van der Waals surface area contributed by atoms with Crippen molar-refractivity contribution in [1.29, 1.82) is 0 Å². The lowest BCUT2D eigenvalue weighted by Crippen LogP contribution is -2.55. The van der Waals surface area contributed by atoms with Gasteiger partial charge >= 0.3 is 0 Å². The lowest BCUT2D eigenvalue weighted by atomic mass is 10.0. The van der Waals surface area contributed by atoms with E-state index in [1.54, 1.807) is 31.3 Å². The number of amides is 1. The van der Waals surface area contributed by atoms with Crippen LogP contribution in [-0.2, 0) is 26.0 Å². The van der Waals surface area contributed by atoms with Gasteiger partial charge in [0.15, 0.2) is 0 Å². The second-order valence-electron chi connectivity index (χ2n) is 9.43. The molecule has 0 bridgehead atoms. The number of anilines is 1. The Balaban J connectivity index is 1.83. The number of ether oxygens (including phenoxy) is 1. The number of hydrogen-bond donors (Lipinski definition) is 4. The largest absolute Gasteiger partial charge is 0.390 e. The third-order valence-corrected chi connectivity index (χ3v) is 7.90. The quantitative estimate of drug-likeness (QED) is 0.336. The summed E-state index contributed by atoms with van der Waals surface area (Å²) < 4.78 is 33.9.